The van der Waals surface area contributed by atoms with E-state index in [1.807, 2.05) is 0 Å². The lowest BCUT2D eigenvalue weighted by molar-refractivity contribution is -0.160. The van der Waals surface area contributed by atoms with Crippen molar-refractivity contribution >= 4 is 5.97 Å². The van der Waals surface area contributed by atoms with Crippen molar-refractivity contribution in [3.8, 4) is 11.5 Å². The molecule has 0 amide bonds. The van der Waals surface area contributed by atoms with Crippen molar-refractivity contribution in [1.82, 2.24) is 0 Å². The monoisotopic (exact) mass is 236 g/mol. The van der Waals surface area contributed by atoms with Crippen molar-refractivity contribution in [1.29, 1.82) is 0 Å². The average molecular weight is 236 g/mol. The molecular formula is C12H12O5. The van der Waals surface area contributed by atoms with Gasteiger partial charge < -0.3 is 18.9 Å². The summed E-state index contributed by atoms with van der Waals surface area (Å²) in [5.41, 5.74) is 0.713. The number of rotatable bonds is 1. The van der Waals surface area contributed by atoms with Gasteiger partial charge in [-0.05, 0) is 17.7 Å². The van der Waals surface area contributed by atoms with Crippen LogP contribution < -0.4 is 9.47 Å². The van der Waals surface area contributed by atoms with Gasteiger partial charge in [-0.25, -0.2) is 4.79 Å². The van der Waals surface area contributed by atoms with E-state index in [1.54, 1.807) is 32.0 Å². The van der Waals surface area contributed by atoms with Gasteiger partial charge in [0.25, 0.3) is 0 Å². The van der Waals surface area contributed by atoms with Crippen molar-refractivity contribution < 1.29 is 23.7 Å². The molecule has 17 heavy (non-hydrogen) atoms. The fourth-order valence-corrected chi connectivity index (χ4v) is 1.93. The van der Waals surface area contributed by atoms with E-state index in [0.717, 1.165) is 0 Å². The molecule has 5 heteroatoms. The highest BCUT2D eigenvalue weighted by molar-refractivity contribution is 5.78. The van der Waals surface area contributed by atoms with Gasteiger partial charge >= 0.3 is 5.97 Å². The van der Waals surface area contributed by atoms with Crippen LogP contribution in [0.4, 0.5) is 0 Å². The lowest BCUT2D eigenvalue weighted by atomic mass is 10.1. The van der Waals surface area contributed by atoms with Crippen LogP contribution in [0.25, 0.3) is 0 Å². The second-order valence-electron chi connectivity index (χ2n) is 4.43. The highest BCUT2D eigenvalue weighted by Crippen LogP contribution is 2.39. The fraction of sp³-hybridized carbons (Fsp3) is 0.417. The van der Waals surface area contributed by atoms with Gasteiger partial charge in [-0.3, -0.25) is 0 Å². The number of hydrogen-bond acceptors (Lipinski definition) is 5. The van der Waals surface area contributed by atoms with E-state index < -0.39 is 11.9 Å². The molecule has 0 radical (unpaired) electrons. The van der Waals surface area contributed by atoms with Gasteiger partial charge in [-0.2, -0.15) is 0 Å². The van der Waals surface area contributed by atoms with Crippen LogP contribution in [0, 0.1) is 0 Å². The molecule has 2 aliphatic rings. The number of cyclic esters (lactones) is 1. The van der Waals surface area contributed by atoms with E-state index >= 15 is 0 Å². The molecule has 1 atom stereocenters. The Bertz CT molecular complexity index is 480. The molecule has 1 aromatic carbocycles. The first-order valence-corrected chi connectivity index (χ1v) is 5.35. The summed E-state index contributed by atoms with van der Waals surface area (Å²) < 4.78 is 21.1. The van der Waals surface area contributed by atoms with Crippen LogP contribution >= 0.6 is 0 Å². The molecule has 1 saturated heterocycles. The van der Waals surface area contributed by atoms with E-state index in [1.165, 1.54) is 0 Å². The highest BCUT2D eigenvalue weighted by Gasteiger charge is 2.42. The Balaban J connectivity index is 1.92. The summed E-state index contributed by atoms with van der Waals surface area (Å²) in [6, 6.07) is 5.29. The zero-order valence-electron chi connectivity index (χ0n) is 9.56. The highest BCUT2D eigenvalue weighted by atomic mass is 16.8. The molecule has 0 unspecified atom stereocenters. The van der Waals surface area contributed by atoms with Gasteiger partial charge in [0, 0.05) is 13.8 Å². The molecule has 5 nitrogen and oxygen atoms in total. The molecule has 2 aliphatic heterocycles. The number of carbonyl (C=O) groups excluding carboxylic acids is 1. The predicted octanol–water partition coefficient (Wildman–Crippen LogP) is 1.77. The van der Waals surface area contributed by atoms with Gasteiger partial charge in [0.2, 0.25) is 12.6 Å². The minimum absolute atomic E-state index is 0.209. The zero-order chi connectivity index (χ0) is 12.0. The summed E-state index contributed by atoms with van der Waals surface area (Å²) in [4.78, 5) is 11.7. The summed E-state index contributed by atoms with van der Waals surface area (Å²) in [6.07, 6.45) is -0.695. The summed E-state index contributed by atoms with van der Waals surface area (Å²) in [6.45, 7) is 3.62. The quantitative estimate of drug-likeness (QED) is 0.695. The molecule has 0 saturated carbocycles. The molecule has 2 heterocycles. The number of benzene rings is 1. The minimum Gasteiger partial charge on any atom is -0.454 e. The first-order chi connectivity index (χ1) is 8.05. The molecule has 1 aromatic rings. The fourth-order valence-electron chi connectivity index (χ4n) is 1.93. The molecule has 0 bridgehead atoms. The van der Waals surface area contributed by atoms with Gasteiger partial charge in [-0.15, -0.1) is 0 Å². The summed E-state index contributed by atoms with van der Waals surface area (Å²) in [7, 11) is 0. The first kappa shape index (κ1) is 10.4. The van der Waals surface area contributed by atoms with Crippen LogP contribution in [0.2, 0.25) is 0 Å². The Morgan fingerprint density at radius 1 is 1.24 bits per heavy atom. The Kier molecular flexibility index (Phi) is 2.06. The van der Waals surface area contributed by atoms with Crippen LogP contribution in [0.3, 0.4) is 0 Å². The maximum Gasteiger partial charge on any atom is 0.342 e. The van der Waals surface area contributed by atoms with Gasteiger partial charge in [0.15, 0.2) is 17.6 Å². The Morgan fingerprint density at radius 3 is 2.71 bits per heavy atom. The van der Waals surface area contributed by atoms with Crippen LogP contribution in [-0.4, -0.2) is 18.5 Å². The standard InChI is InChI=1S/C12H12O5/c1-12(2)16-10(11(13)17-12)7-3-4-8-9(5-7)15-6-14-8/h3-5,10H,6H2,1-2H3/t10-/m1/s1. The molecule has 0 aromatic heterocycles. The van der Waals surface area contributed by atoms with Crippen LogP contribution in [0.1, 0.15) is 25.5 Å². The van der Waals surface area contributed by atoms with Crippen LogP contribution in [0.5, 0.6) is 11.5 Å². The van der Waals surface area contributed by atoms with E-state index in [0.29, 0.717) is 17.1 Å². The topological polar surface area (TPSA) is 54.0 Å². The predicted molar refractivity (Wildman–Crippen MR) is 56.6 cm³/mol. The van der Waals surface area contributed by atoms with Crippen LogP contribution in [0.15, 0.2) is 18.2 Å². The van der Waals surface area contributed by atoms with Crippen LogP contribution in [-0.2, 0) is 14.3 Å². The van der Waals surface area contributed by atoms with Crippen molar-refractivity contribution in [2.75, 3.05) is 6.79 Å². The van der Waals surface area contributed by atoms with Gasteiger partial charge in [0.1, 0.15) is 0 Å². The van der Waals surface area contributed by atoms with E-state index in [-0.39, 0.29) is 12.8 Å². The number of hydrogen-bond donors (Lipinski definition) is 0. The smallest absolute Gasteiger partial charge is 0.342 e. The van der Waals surface area contributed by atoms with Gasteiger partial charge in [-0.1, -0.05) is 6.07 Å². The average Bonchev–Trinajstić information content (AvgIpc) is 2.81. The largest absolute Gasteiger partial charge is 0.454 e. The van der Waals surface area contributed by atoms with Gasteiger partial charge in [0.05, 0.1) is 0 Å². The molecule has 0 aliphatic carbocycles. The number of ether oxygens (including phenoxy) is 4. The van der Waals surface area contributed by atoms with E-state index in [2.05, 4.69) is 0 Å². The third-order valence-electron chi connectivity index (χ3n) is 2.66. The molecule has 90 valence electrons. The van der Waals surface area contributed by atoms with Crippen molar-refractivity contribution in [3.05, 3.63) is 23.8 Å². The summed E-state index contributed by atoms with van der Waals surface area (Å²) in [5.74, 6) is 0.0508. The Morgan fingerprint density at radius 2 is 2.00 bits per heavy atom. The first-order valence-electron chi connectivity index (χ1n) is 5.35. The summed E-state index contributed by atoms with van der Waals surface area (Å²) >= 11 is 0. The molecule has 1 fully saturated rings. The number of carbonyl (C=O) groups is 1. The maximum absolute atomic E-state index is 11.7. The Labute approximate surface area is 98.2 Å². The van der Waals surface area contributed by atoms with E-state index in [4.69, 9.17) is 18.9 Å². The van der Waals surface area contributed by atoms with E-state index in [9.17, 15) is 4.79 Å². The second kappa shape index (κ2) is 3.37. The third-order valence-corrected chi connectivity index (χ3v) is 2.66. The SMILES string of the molecule is CC1(C)OC(=O)[C@@H](c2ccc3c(c2)OCO3)O1. The number of esters is 1. The zero-order valence-corrected chi connectivity index (χ0v) is 9.56. The lowest BCUT2D eigenvalue weighted by Gasteiger charge is -2.15. The second-order valence-corrected chi connectivity index (χ2v) is 4.43. The molecule has 0 spiro atoms. The third kappa shape index (κ3) is 1.72. The van der Waals surface area contributed by atoms with Crippen molar-refractivity contribution in [3.63, 3.8) is 0 Å². The lowest BCUT2D eigenvalue weighted by Crippen LogP contribution is -2.20. The van der Waals surface area contributed by atoms with Crippen molar-refractivity contribution in [2.45, 2.75) is 25.7 Å². The maximum atomic E-state index is 11.7. The molecular weight excluding hydrogens is 224 g/mol. The minimum atomic E-state index is -0.877. The molecule has 3 rings (SSSR count). The number of fused-ring (bicyclic) bond motifs is 1. The van der Waals surface area contributed by atoms with Crippen molar-refractivity contribution in [2.24, 2.45) is 0 Å². The normalized spacial score (nSPS) is 24.8. The molecule has 0 N–H and O–H groups in total. The summed E-state index contributed by atoms with van der Waals surface area (Å²) in [5, 5.41) is 0. The Hall–Kier alpha value is -1.75.